The number of fused-ring (bicyclic) bond motifs is 1. The van der Waals surface area contributed by atoms with Crippen molar-refractivity contribution in [2.45, 2.75) is 39.3 Å². The normalized spacial score (nSPS) is 13.5. The van der Waals surface area contributed by atoms with Crippen molar-refractivity contribution in [2.75, 3.05) is 10.2 Å². The molecule has 0 unspecified atom stereocenters. The van der Waals surface area contributed by atoms with Gasteiger partial charge in [-0.05, 0) is 52.4 Å². The predicted molar refractivity (Wildman–Crippen MR) is 114 cm³/mol. The third-order valence-corrected chi connectivity index (χ3v) is 5.24. The van der Waals surface area contributed by atoms with Crippen LogP contribution in [0.2, 0.25) is 0 Å². The first kappa shape index (κ1) is 19.1. The van der Waals surface area contributed by atoms with Crippen molar-refractivity contribution in [1.82, 2.24) is 4.98 Å². The molecule has 0 spiro atoms. The molecule has 2 aromatic carbocycles. The average Bonchev–Trinajstić information content (AvgIpc) is 3.04. The Bertz CT molecular complexity index is 1040. The standard InChI is InChI=1S/C24H24FN3O/c1-24(2,3)18-6-10-20(11-7-18)28-15-17-12-13-26-22(21(17)23(28)29)27-14-16-4-8-19(25)9-5-16/h4-13H,14-15H2,1-3H3,(H,26,27). The number of hydrogen-bond donors (Lipinski definition) is 1. The lowest BCUT2D eigenvalue weighted by Gasteiger charge is -2.21. The molecule has 29 heavy (non-hydrogen) atoms. The third-order valence-electron chi connectivity index (χ3n) is 5.24. The lowest BCUT2D eigenvalue weighted by molar-refractivity contribution is 0.0997. The van der Waals surface area contributed by atoms with E-state index in [0.717, 1.165) is 16.8 Å². The van der Waals surface area contributed by atoms with E-state index in [0.29, 0.717) is 24.5 Å². The van der Waals surface area contributed by atoms with Crippen molar-refractivity contribution in [3.63, 3.8) is 0 Å². The number of aromatic nitrogens is 1. The van der Waals surface area contributed by atoms with Gasteiger partial charge in [-0.3, -0.25) is 4.79 Å². The SMILES string of the molecule is CC(C)(C)c1ccc(N2Cc3ccnc(NCc4ccc(F)cc4)c3C2=O)cc1. The van der Waals surface area contributed by atoms with Crippen molar-refractivity contribution in [2.24, 2.45) is 0 Å². The molecule has 3 aromatic rings. The maximum atomic E-state index is 13.2. The van der Waals surface area contributed by atoms with Crippen LogP contribution in [-0.2, 0) is 18.5 Å². The number of carbonyl (C=O) groups excluding carboxylic acids is 1. The second-order valence-corrected chi connectivity index (χ2v) is 8.36. The summed E-state index contributed by atoms with van der Waals surface area (Å²) in [7, 11) is 0. The molecule has 0 bridgehead atoms. The first-order valence-corrected chi connectivity index (χ1v) is 9.71. The zero-order chi connectivity index (χ0) is 20.6. The minimum Gasteiger partial charge on any atom is -0.365 e. The minimum atomic E-state index is -0.268. The smallest absolute Gasteiger partial charge is 0.262 e. The quantitative estimate of drug-likeness (QED) is 0.659. The number of nitrogens with one attached hydrogen (secondary N) is 1. The molecular formula is C24H24FN3O. The van der Waals surface area contributed by atoms with E-state index in [1.807, 2.05) is 18.2 Å². The second kappa shape index (κ2) is 7.32. The fourth-order valence-corrected chi connectivity index (χ4v) is 3.52. The number of rotatable bonds is 4. The molecule has 4 rings (SSSR count). The lowest BCUT2D eigenvalue weighted by Crippen LogP contribution is -2.24. The summed E-state index contributed by atoms with van der Waals surface area (Å²) in [6.45, 7) is 7.50. The van der Waals surface area contributed by atoms with Crippen LogP contribution >= 0.6 is 0 Å². The molecule has 0 radical (unpaired) electrons. The van der Waals surface area contributed by atoms with Gasteiger partial charge in [-0.25, -0.2) is 9.37 Å². The molecule has 4 nitrogen and oxygen atoms in total. The van der Waals surface area contributed by atoms with Crippen molar-refractivity contribution >= 4 is 17.4 Å². The van der Waals surface area contributed by atoms with Gasteiger partial charge in [0.05, 0.1) is 12.1 Å². The molecular weight excluding hydrogens is 365 g/mol. The molecule has 0 aliphatic carbocycles. The summed E-state index contributed by atoms with van der Waals surface area (Å²) < 4.78 is 13.1. The van der Waals surface area contributed by atoms with E-state index in [1.54, 1.807) is 23.2 Å². The van der Waals surface area contributed by atoms with Gasteiger partial charge in [0, 0.05) is 18.4 Å². The Morgan fingerprint density at radius 3 is 2.38 bits per heavy atom. The molecule has 1 N–H and O–H groups in total. The molecule has 0 atom stereocenters. The molecule has 0 fully saturated rings. The maximum Gasteiger partial charge on any atom is 0.262 e. The number of anilines is 2. The highest BCUT2D eigenvalue weighted by atomic mass is 19.1. The Hall–Kier alpha value is -3.21. The highest BCUT2D eigenvalue weighted by Crippen LogP contribution is 2.33. The van der Waals surface area contributed by atoms with E-state index in [-0.39, 0.29) is 17.1 Å². The summed E-state index contributed by atoms with van der Waals surface area (Å²) in [6.07, 6.45) is 1.71. The van der Waals surface area contributed by atoms with E-state index in [1.165, 1.54) is 17.7 Å². The zero-order valence-corrected chi connectivity index (χ0v) is 16.9. The van der Waals surface area contributed by atoms with E-state index >= 15 is 0 Å². The Morgan fingerprint density at radius 1 is 1.03 bits per heavy atom. The molecule has 2 heterocycles. The van der Waals surface area contributed by atoms with Gasteiger partial charge in [0.1, 0.15) is 11.6 Å². The van der Waals surface area contributed by atoms with Gasteiger partial charge in [-0.15, -0.1) is 0 Å². The van der Waals surface area contributed by atoms with Gasteiger partial charge in [0.25, 0.3) is 5.91 Å². The van der Waals surface area contributed by atoms with Gasteiger partial charge < -0.3 is 10.2 Å². The first-order chi connectivity index (χ1) is 13.8. The molecule has 5 heteroatoms. The van der Waals surface area contributed by atoms with Crippen LogP contribution in [0.15, 0.2) is 60.8 Å². The fraction of sp³-hybridized carbons (Fsp3) is 0.250. The monoisotopic (exact) mass is 389 g/mol. The Morgan fingerprint density at radius 2 is 1.72 bits per heavy atom. The lowest BCUT2D eigenvalue weighted by atomic mass is 9.87. The second-order valence-electron chi connectivity index (χ2n) is 8.36. The van der Waals surface area contributed by atoms with Crippen LogP contribution in [0.5, 0.6) is 0 Å². The third kappa shape index (κ3) is 3.86. The van der Waals surface area contributed by atoms with Crippen molar-refractivity contribution < 1.29 is 9.18 Å². The number of carbonyl (C=O) groups is 1. The molecule has 0 saturated heterocycles. The average molecular weight is 389 g/mol. The molecule has 1 aliphatic rings. The van der Waals surface area contributed by atoms with Crippen LogP contribution in [0.25, 0.3) is 0 Å². The number of halogens is 1. The largest absolute Gasteiger partial charge is 0.365 e. The summed E-state index contributed by atoms with van der Waals surface area (Å²) >= 11 is 0. The van der Waals surface area contributed by atoms with Gasteiger partial charge >= 0.3 is 0 Å². The first-order valence-electron chi connectivity index (χ1n) is 9.71. The van der Waals surface area contributed by atoms with Crippen LogP contribution in [0.1, 0.15) is 47.8 Å². The van der Waals surface area contributed by atoms with Crippen LogP contribution in [0.3, 0.4) is 0 Å². The van der Waals surface area contributed by atoms with Crippen LogP contribution in [0, 0.1) is 5.82 Å². The fourth-order valence-electron chi connectivity index (χ4n) is 3.52. The van der Waals surface area contributed by atoms with E-state index in [2.05, 4.69) is 43.2 Å². The molecule has 1 aromatic heterocycles. The van der Waals surface area contributed by atoms with Gasteiger partial charge in [0.2, 0.25) is 0 Å². The number of amides is 1. The summed E-state index contributed by atoms with van der Waals surface area (Å²) in [5.74, 6) is 0.236. The Labute approximate surface area is 170 Å². The van der Waals surface area contributed by atoms with Crippen molar-refractivity contribution in [3.8, 4) is 0 Å². The highest BCUT2D eigenvalue weighted by molar-refractivity contribution is 6.12. The number of nitrogens with zero attached hydrogens (tertiary/aromatic N) is 2. The predicted octanol–water partition coefficient (Wildman–Crippen LogP) is 5.29. The minimum absolute atomic E-state index is 0.0572. The maximum absolute atomic E-state index is 13.2. The molecule has 148 valence electrons. The van der Waals surface area contributed by atoms with Crippen LogP contribution < -0.4 is 10.2 Å². The molecule has 0 saturated carbocycles. The molecule has 1 aliphatic heterocycles. The van der Waals surface area contributed by atoms with E-state index in [4.69, 9.17) is 0 Å². The topological polar surface area (TPSA) is 45.2 Å². The van der Waals surface area contributed by atoms with Crippen molar-refractivity contribution in [3.05, 3.63) is 88.9 Å². The highest BCUT2D eigenvalue weighted by Gasteiger charge is 2.31. The molecule has 1 amide bonds. The number of benzene rings is 2. The van der Waals surface area contributed by atoms with Gasteiger partial charge in [-0.1, -0.05) is 45.0 Å². The van der Waals surface area contributed by atoms with Gasteiger partial charge in [0.15, 0.2) is 0 Å². The van der Waals surface area contributed by atoms with Crippen molar-refractivity contribution in [1.29, 1.82) is 0 Å². The van der Waals surface area contributed by atoms with E-state index < -0.39 is 0 Å². The van der Waals surface area contributed by atoms with Crippen LogP contribution in [-0.4, -0.2) is 10.9 Å². The Balaban J connectivity index is 1.55. The van der Waals surface area contributed by atoms with E-state index in [9.17, 15) is 9.18 Å². The Kier molecular flexibility index (Phi) is 4.82. The summed E-state index contributed by atoms with van der Waals surface area (Å²) in [5, 5.41) is 3.23. The summed E-state index contributed by atoms with van der Waals surface area (Å²) in [4.78, 5) is 19.3. The number of pyridine rings is 1. The van der Waals surface area contributed by atoms with Crippen LogP contribution in [0.4, 0.5) is 15.9 Å². The zero-order valence-electron chi connectivity index (χ0n) is 16.9. The van der Waals surface area contributed by atoms with Gasteiger partial charge in [-0.2, -0.15) is 0 Å². The number of hydrogen-bond acceptors (Lipinski definition) is 3. The summed E-state index contributed by atoms with van der Waals surface area (Å²) in [5.41, 5.74) is 4.65. The summed E-state index contributed by atoms with van der Waals surface area (Å²) in [6, 6.07) is 16.3.